The lowest BCUT2D eigenvalue weighted by atomic mass is 10.1. The summed E-state index contributed by atoms with van der Waals surface area (Å²) in [6.07, 6.45) is 0.381. The van der Waals surface area contributed by atoms with E-state index in [1.165, 1.54) is 12.1 Å². The molecule has 156 valence electrons. The van der Waals surface area contributed by atoms with Gasteiger partial charge in [0.2, 0.25) is 0 Å². The topological polar surface area (TPSA) is 101 Å². The fourth-order valence-electron chi connectivity index (χ4n) is 2.97. The molecule has 0 bridgehead atoms. The molecule has 3 atom stereocenters. The van der Waals surface area contributed by atoms with Gasteiger partial charge in [-0.15, -0.1) is 0 Å². The maximum atomic E-state index is 12.6. The van der Waals surface area contributed by atoms with Gasteiger partial charge in [0.1, 0.15) is 0 Å². The molecule has 9 heteroatoms. The van der Waals surface area contributed by atoms with Crippen LogP contribution in [0.2, 0.25) is 18.1 Å². The molecule has 2 rings (SSSR count). The molecule has 7 nitrogen and oxygen atoms in total. The van der Waals surface area contributed by atoms with Crippen molar-refractivity contribution in [1.29, 1.82) is 0 Å². The van der Waals surface area contributed by atoms with Gasteiger partial charge in [0.05, 0.1) is 17.0 Å². The summed E-state index contributed by atoms with van der Waals surface area (Å²) in [7, 11) is -5.82. The predicted molar refractivity (Wildman–Crippen MR) is 112 cm³/mol. The van der Waals surface area contributed by atoms with Gasteiger partial charge >= 0.3 is 0 Å². The summed E-state index contributed by atoms with van der Waals surface area (Å²) in [5, 5.41) is 3.89. The van der Waals surface area contributed by atoms with E-state index >= 15 is 0 Å². The molecule has 1 aliphatic carbocycles. The van der Waals surface area contributed by atoms with E-state index in [9.17, 15) is 8.42 Å². The van der Waals surface area contributed by atoms with Gasteiger partial charge in [0, 0.05) is 11.5 Å². The molecule has 1 aromatic rings. The molecule has 0 aromatic heterocycles. The van der Waals surface area contributed by atoms with Crippen molar-refractivity contribution in [1.82, 2.24) is 0 Å². The SMILES string of the molecule is Cc1ccc(S(=O)(=O)O[C@@H]2C[C@@H](CO[Si](C)(C)C(C)(C)C)C[C@H]2N=[N+]=[N-])cc1. The number of nitrogens with zero attached hydrogens (tertiary/aromatic N) is 3. The van der Waals surface area contributed by atoms with E-state index in [2.05, 4.69) is 43.9 Å². The molecule has 1 aliphatic rings. The average Bonchev–Trinajstić information content (AvgIpc) is 2.94. The fourth-order valence-corrected chi connectivity index (χ4v) is 5.17. The summed E-state index contributed by atoms with van der Waals surface area (Å²) in [5.41, 5.74) is 9.84. The van der Waals surface area contributed by atoms with Crippen molar-refractivity contribution in [2.45, 2.75) is 75.7 Å². The maximum Gasteiger partial charge on any atom is 0.297 e. The second kappa shape index (κ2) is 8.55. The van der Waals surface area contributed by atoms with Crippen LogP contribution in [-0.2, 0) is 18.7 Å². The van der Waals surface area contributed by atoms with Gasteiger partial charge in [-0.2, -0.15) is 8.42 Å². The Kier molecular flexibility index (Phi) is 6.99. The largest absolute Gasteiger partial charge is 0.417 e. The van der Waals surface area contributed by atoms with Crippen molar-refractivity contribution in [3.8, 4) is 0 Å². The van der Waals surface area contributed by atoms with Gasteiger partial charge in [-0.05, 0) is 61.5 Å². The van der Waals surface area contributed by atoms with E-state index in [0.29, 0.717) is 19.4 Å². The highest BCUT2D eigenvalue weighted by Crippen LogP contribution is 2.39. The summed E-state index contributed by atoms with van der Waals surface area (Å²) in [6, 6.07) is 6.00. The normalized spacial score (nSPS) is 23.4. The second-order valence-electron chi connectivity index (χ2n) is 9.08. The zero-order valence-corrected chi connectivity index (χ0v) is 19.4. The highest BCUT2D eigenvalue weighted by Gasteiger charge is 2.41. The molecule has 0 saturated heterocycles. The maximum absolute atomic E-state index is 12.6. The quantitative estimate of drug-likeness (QED) is 0.197. The van der Waals surface area contributed by atoms with Crippen LogP contribution in [0.15, 0.2) is 34.3 Å². The first-order valence-electron chi connectivity index (χ1n) is 9.54. The summed E-state index contributed by atoms with van der Waals surface area (Å²) in [6.45, 7) is 13.3. The Hall–Kier alpha value is -1.38. The summed E-state index contributed by atoms with van der Waals surface area (Å²) >= 11 is 0. The monoisotopic (exact) mass is 425 g/mol. The lowest BCUT2D eigenvalue weighted by Gasteiger charge is -2.37. The Balaban J connectivity index is 2.09. The third-order valence-corrected chi connectivity index (χ3v) is 11.7. The fraction of sp³-hybridized carbons (Fsp3) is 0.684. The average molecular weight is 426 g/mol. The standard InChI is InChI=1S/C19H31N3O4SSi/c1-14-7-9-16(10-8-14)27(23,24)26-18-12-15(11-17(18)21-22-20)13-25-28(5,6)19(2,3)4/h7-10,15,17-18H,11-13H2,1-6H3/t15-,17+,18+/m0/s1. The number of aryl methyl sites for hydroxylation is 1. The van der Waals surface area contributed by atoms with Crippen LogP contribution in [0.4, 0.5) is 0 Å². The molecule has 0 amide bonds. The van der Waals surface area contributed by atoms with E-state index in [1.807, 2.05) is 6.92 Å². The highest BCUT2D eigenvalue weighted by molar-refractivity contribution is 7.86. The van der Waals surface area contributed by atoms with Crippen LogP contribution in [0, 0.1) is 12.8 Å². The molecule has 0 aliphatic heterocycles. The number of hydrogen-bond acceptors (Lipinski definition) is 5. The molecule has 28 heavy (non-hydrogen) atoms. The molecular weight excluding hydrogens is 394 g/mol. The molecule has 0 N–H and O–H groups in total. The van der Waals surface area contributed by atoms with Crippen molar-refractivity contribution in [2.75, 3.05) is 6.61 Å². The van der Waals surface area contributed by atoms with Gasteiger partial charge in [-0.1, -0.05) is 43.6 Å². The van der Waals surface area contributed by atoms with Gasteiger partial charge in [0.25, 0.3) is 10.1 Å². The van der Waals surface area contributed by atoms with E-state index in [-0.39, 0.29) is 15.9 Å². The Morgan fingerprint density at radius 1 is 1.21 bits per heavy atom. The van der Waals surface area contributed by atoms with Crippen LogP contribution in [0.25, 0.3) is 10.4 Å². The molecule has 1 fully saturated rings. The number of hydrogen-bond donors (Lipinski definition) is 0. The van der Waals surface area contributed by atoms with Crippen molar-refractivity contribution in [2.24, 2.45) is 11.0 Å². The Morgan fingerprint density at radius 3 is 2.36 bits per heavy atom. The van der Waals surface area contributed by atoms with Crippen molar-refractivity contribution < 1.29 is 17.0 Å². The van der Waals surface area contributed by atoms with Gasteiger partial charge in [-0.3, -0.25) is 4.18 Å². The van der Waals surface area contributed by atoms with Crippen LogP contribution in [-0.4, -0.2) is 35.5 Å². The van der Waals surface area contributed by atoms with E-state index in [4.69, 9.17) is 14.1 Å². The Bertz CT molecular complexity index is 828. The highest BCUT2D eigenvalue weighted by atomic mass is 32.2. The van der Waals surface area contributed by atoms with Crippen LogP contribution in [0.1, 0.15) is 39.2 Å². The first kappa shape index (κ1) is 22.9. The van der Waals surface area contributed by atoms with Crippen LogP contribution < -0.4 is 0 Å². The molecule has 0 radical (unpaired) electrons. The molecule has 1 saturated carbocycles. The van der Waals surface area contributed by atoms with E-state index in [0.717, 1.165) is 5.56 Å². The van der Waals surface area contributed by atoms with Gasteiger partial charge in [-0.25, -0.2) is 0 Å². The number of benzene rings is 1. The summed E-state index contributed by atoms with van der Waals surface area (Å²) in [4.78, 5) is 2.99. The minimum Gasteiger partial charge on any atom is -0.417 e. The van der Waals surface area contributed by atoms with Gasteiger partial charge in [0.15, 0.2) is 8.32 Å². The predicted octanol–water partition coefficient (Wildman–Crippen LogP) is 5.18. The zero-order valence-electron chi connectivity index (χ0n) is 17.5. The first-order chi connectivity index (χ1) is 12.9. The minimum atomic E-state index is -3.92. The number of azide groups is 1. The lowest BCUT2D eigenvalue weighted by molar-refractivity contribution is 0.182. The minimum absolute atomic E-state index is 0.0977. The van der Waals surface area contributed by atoms with E-state index in [1.54, 1.807) is 12.1 Å². The second-order valence-corrected chi connectivity index (χ2v) is 15.5. The smallest absolute Gasteiger partial charge is 0.297 e. The van der Waals surface area contributed by atoms with Crippen LogP contribution in [0.3, 0.4) is 0 Å². The van der Waals surface area contributed by atoms with Crippen molar-refractivity contribution in [3.63, 3.8) is 0 Å². The zero-order chi connectivity index (χ0) is 21.2. The molecule has 0 spiro atoms. The van der Waals surface area contributed by atoms with Crippen LogP contribution in [0.5, 0.6) is 0 Å². The first-order valence-corrected chi connectivity index (χ1v) is 13.9. The van der Waals surface area contributed by atoms with Crippen molar-refractivity contribution >= 4 is 18.4 Å². The third-order valence-electron chi connectivity index (χ3n) is 5.82. The summed E-state index contributed by atoms with van der Waals surface area (Å²) in [5.74, 6) is 0.0999. The number of rotatable bonds is 7. The molecule has 0 unspecified atom stereocenters. The molecular formula is C19H31N3O4SSi. The van der Waals surface area contributed by atoms with Crippen LogP contribution >= 0.6 is 0 Å². The molecule has 0 heterocycles. The Morgan fingerprint density at radius 2 is 1.82 bits per heavy atom. The Labute approximate surface area is 169 Å². The van der Waals surface area contributed by atoms with Crippen molar-refractivity contribution in [3.05, 3.63) is 40.3 Å². The van der Waals surface area contributed by atoms with E-state index < -0.39 is 30.6 Å². The third kappa shape index (κ3) is 5.58. The lowest BCUT2D eigenvalue weighted by Crippen LogP contribution is -2.41. The molecule has 1 aromatic carbocycles. The van der Waals surface area contributed by atoms with Gasteiger partial charge < -0.3 is 4.43 Å². The summed E-state index contributed by atoms with van der Waals surface area (Å²) < 4.78 is 37.0.